The molecule has 0 aromatic carbocycles. The molecule has 2 aliphatic rings. The van der Waals surface area contributed by atoms with Crippen molar-refractivity contribution >= 4 is 11.8 Å². The highest BCUT2D eigenvalue weighted by Gasteiger charge is 2.54. The fraction of sp³-hybridized carbons (Fsp3) is 0.789. The highest BCUT2D eigenvalue weighted by Crippen LogP contribution is 2.49. The second kappa shape index (κ2) is 8.48. The molecule has 1 aromatic heterocycles. The monoisotopic (exact) mass is 380 g/mol. The van der Waals surface area contributed by atoms with E-state index in [1.807, 2.05) is 0 Å². The van der Waals surface area contributed by atoms with Crippen molar-refractivity contribution in [3.05, 3.63) is 5.69 Å². The fourth-order valence-electron chi connectivity index (χ4n) is 3.38. The standard InChI is InChI=1S/C19H32N4O4/c1-5-6-12-26-18-20-16-14(22(18)10-8-13(2)3)15-17(27-15)23(9-7-11-24)19(25)21(16)4/h13,15,17,24H,5-12H2,1-4H3. The number of hydrogen-bond acceptors (Lipinski definition) is 5. The Bertz CT molecular complexity index is 660. The van der Waals surface area contributed by atoms with Gasteiger partial charge in [0.2, 0.25) is 0 Å². The number of fused-ring (bicyclic) bond motifs is 3. The number of carbonyl (C=O) groups is 1. The Kier molecular flexibility index (Phi) is 6.26. The van der Waals surface area contributed by atoms with E-state index in [9.17, 15) is 4.79 Å². The van der Waals surface area contributed by atoms with Gasteiger partial charge in [0.05, 0.1) is 12.3 Å². The number of aromatic nitrogens is 2. The minimum Gasteiger partial charge on any atom is -0.465 e. The molecule has 1 N–H and O–H groups in total. The number of aliphatic hydroxyl groups is 1. The van der Waals surface area contributed by atoms with E-state index >= 15 is 0 Å². The molecule has 0 aliphatic carbocycles. The van der Waals surface area contributed by atoms with E-state index in [2.05, 4.69) is 30.3 Å². The normalized spacial score (nSPS) is 21.3. The zero-order chi connectivity index (χ0) is 19.6. The van der Waals surface area contributed by atoms with Crippen LogP contribution in [0.25, 0.3) is 0 Å². The van der Waals surface area contributed by atoms with Crippen LogP contribution in [0.1, 0.15) is 58.3 Å². The molecule has 27 heavy (non-hydrogen) atoms. The predicted molar refractivity (Wildman–Crippen MR) is 102 cm³/mol. The van der Waals surface area contributed by atoms with Crippen molar-refractivity contribution in [2.24, 2.45) is 5.92 Å². The summed E-state index contributed by atoms with van der Waals surface area (Å²) in [7, 11) is 1.74. The molecule has 0 saturated carbocycles. The molecule has 1 saturated heterocycles. The molecule has 1 aromatic rings. The van der Waals surface area contributed by atoms with Gasteiger partial charge in [-0.05, 0) is 25.2 Å². The third kappa shape index (κ3) is 4.06. The van der Waals surface area contributed by atoms with E-state index in [0.717, 1.165) is 31.5 Å². The maximum atomic E-state index is 12.9. The number of epoxide rings is 1. The van der Waals surface area contributed by atoms with Gasteiger partial charge in [0.15, 0.2) is 12.0 Å². The Balaban J connectivity index is 1.91. The van der Waals surface area contributed by atoms with Crippen molar-refractivity contribution in [2.75, 3.05) is 31.7 Å². The molecular weight excluding hydrogens is 348 g/mol. The van der Waals surface area contributed by atoms with E-state index in [4.69, 9.17) is 14.6 Å². The van der Waals surface area contributed by atoms with Crippen molar-refractivity contribution < 1.29 is 19.4 Å². The van der Waals surface area contributed by atoms with Gasteiger partial charge in [-0.25, -0.2) is 4.79 Å². The van der Waals surface area contributed by atoms with Crippen LogP contribution in [-0.4, -0.2) is 58.6 Å². The van der Waals surface area contributed by atoms with Gasteiger partial charge < -0.3 is 14.6 Å². The molecule has 0 radical (unpaired) electrons. The van der Waals surface area contributed by atoms with E-state index < -0.39 is 0 Å². The second-order valence-electron chi connectivity index (χ2n) is 7.70. The van der Waals surface area contributed by atoms with E-state index in [0.29, 0.717) is 37.3 Å². The molecule has 3 rings (SSSR count). The van der Waals surface area contributed by atoms with Crippen LogP contribution in [0.5, 0.6) is 6.01 Å². The minimum absolute atomic E-state index is 0.0477. The topological polar surface area (TPSA) is 83.4 Å². The number of aliphatic hydroxyl groups excluding tert-OH is 1. The summed E-state index contributed by atoms with van der Waals surface area (Å²) < 4.78 is 13.9. The lowest BCUT2D eigenvalue weighted by atomic mass is 10.1. The number of anilines is 1. The summed E-state index contributed by atoms with van der Waals surface area (Å²) in [6.07, 6.45) is 3.08. The van der Waals surface area contributed by atoms with Gasteiger partial charge in [-0.2, -0.15) is 4.98 Å². The summed E-state index contributed by atoms with van der Waals surface area (Å²) in [6.45, 7) is 8.42. The summed E-state index contributed by atoms with van der Waals surface area (Å²) in [5.74, 6) is 1.17. The molecular formula is C19H32N4O4. The average molecular weight is 380 g/mol. The number of hydrogen-bond donors (Lipinski definition) is 1. The fourth-order valence-corrected chi connectivity index (χ4v) is 3.38. The van der Waals surface area contributed by atoms with Crippen LogP contribution in [0.3, 0.4) is 0 Å². The lowest BCUT2D eigenvalue weighted by Gasteiger charge is -2.24. The second-order valence-corrected chi connectivity index (χ2v) is 7.70. The third-order valence-electron chi connectivity index (χ3n) is 5.06. The van der Waals surface area contributed by atoms with Crippen LogP contribution in [0, 0.1) is 5.92 Å². The Morgan fingerprint density at radius 3 is 2.74 bits per heavy atom. The number of unbranched alkanes of at least 4 members (excludes halogenated alkanes) is 1. The molecule has 8 nitrogen and oxygen atoms in total. The van der Waals surface area contributed by atoms with Gasteiger partial charge in [0.1, 0.15) is 6.10 Å². The average Bonchev–Trinajstić information content (AvgIpc) is 3.34. The zero-order valence-electron chi connectivity index (χ0n) is 16.8. The van der Waals surface area contributed by atoms with Crippen LogP contribution in [0.2, 0.25) is 0 Å². The van der Waals surface area contributed by atoms with Crippen molar-refractivity contribution in [3.8, 4) is 6.01 Å². The first kappa shape index (κ1) is 19.9. The lowest BCUT2D eigenvalue weighted by molar-refractivity contribution is 0.163. The largest absolute Gasteiger partial charge is 0.465 e. The Hall–Kier alpha value is -1.80. The SMILES string of the molecule is CCCCOc1nc2c(n1CCC(C)C)C1OC1N(CCCO)C(=O)N2C. The molecule has 2 atom stereocenters. The number of urea groups is 1. The number of imidazole rings is 1. The predicted octanol–water partition coefficient (Wildman–Crippen LogP) is 2.76. The number of amides is 2. The van der Waals surface area contributed by atoms with Gasteiger partial charge in [-0.1, -0.05) is 27.2 Å². The van der Waals surface area contributed by atoms with Crippen molar-refractivity contribution in [1.29, 1.82) is 0 Å². The number of ether oxygens (including phenoxy) is 2. The minimum atomic E-state index is -0.286. The van der Waals surface area contributed by atoms with Gasteiger partial charge in [-0.15, -0.1) is 0 Å². The lowest BCUT2D eigenvalue weighted by Crippen LogP contribution is -2.43. The first-order valence-electron chi connectivity index (χ1n) is 10.0. The number of carbonyl (C=O) groups excluding carboxylic acids is 1. The molecule has 8 heteroatoms. The summed E-state index contributed by atoms with van der Waals surface area (Å²) in [5, 5.41) is 9.13. The first-order valence-corrected chi connectivity index (χ1v) is 10.0. The van der Waals surface area contributed by atoms with Crippen molar-refractivity contribution in [2.45, 2.75) is 65.3 Å². The molecule has 2 unspecified atom stereocenters. The Morgan fingerprint density at radius 1 is 1.30 bits per heavy atom. The molecule has 0 bridgehead atoms. The quantitative estimate of drug-likeness (QED) is 0.498. The highest BCUT2D eigenvalue weighted by atomic mass is 16.6. The van der Waals surface area contributed by atoms with Crippen LogP contribution in [-0.2, 0) is 11.3 Å². The summed E-state index contributed by atoms with van der Waals surface area (Å²) in [6, 6.07) is 0.426. The van der Waals surface area contributed by atoms with Crippen molar-refractivity contribution in [3.63, 3.8) is 0 Å². The maximum Gasteiger partial charge on any atom is 0.327 e. The smallest absolute Gasteiger partial charge is 0.327 e. The zero-order valence-corrected chi connectivity index (χ0v) is 16.8. The van der Waals surface area contributed by atoms with E-state index in [1.54, 1.807) is 16.8 Å². The summed E-state index contributed by atoms with van der Waals surface area (Å²) in [4.78, 5) is 20.8. The Labute approximate surface area is 161 Å². The Morgan fingerprint density at radius 2 is 2.07 bits per heavy atom. The molecule has 2 aliphatic heterocycles. The third-order valence-corrected chi connectivity index (χ3v) is 5.06. The van der Waals surface area contributed by atoms with Gasteiger partial charge in [0, 0.05) is 26.7 Å². The van der Waals surface area contributed by atoms with E-state index in [-0.39, 0.29) is 25.0 Å². The van der Waals surface area contributed by atoms with E-state index in [1.165, 1.54) is 0 Å². The van der Waals surface area contributed by atoms with Crippen LogP contribution in [0.4, 0.5) is 10.6 Å². The van der Waals surface area contributed by atoms with Gasteiger partial charge in [0.25, 0.3) is 6.01 Å². The molecule has 1 fully saturated rings. The van der Waals surface area contributed by atoms with Crippen LogP contribution in [0.15, 0.2) is 0 Å². The van der Waals surface area contributed by atoms with Gasteiger partial charge in [-0.3, -0.25) is 14.4 Å². The first-order chi connectivity index (χ1) is 13.0. The molecule has 2 amide bonds. The van der Waals surface area contributed by atoms with Gasteiger partial charge >= 0.3 is 6.03 Å². The number of rotatable bonds is 10. The molecule has 3 heterocycles. The number of nitrogens with zero attached hydrogens (tertiary/aromatic N) is 4. The summed E-state index contributed by atoms with van der Waals surface area (Å²) >= 11 is 0. The summed E-state index contributed by atoms with van der Waals surface area (Å²) in [5.41, 5.74) is 0.925. The van der Waals surface area contributed by atoms with Crippen molar-refractivity contribution in [1.82, 2.24) is 14.5 Å². The maximum absolute atomic E-state index is 12.9. The molecule has 152 valence electrons. The highest BCUT2D eigenvalue weighted by molar-refractivity contribution is 5.92. The van der Waals surface area contributed by atoms with Crippen LogP contribution < -0.4 is 9.64 Å². The molecule has 0 spiro atoms. The van der Waals surface area contributed by atoms with Crippen LogP contribution >= 0.6 is 0 Å².